The molecule has 0 atom stereocenters. The van der Waals surface area contributed by atoms with Gasteiger partial charge in [0.2, 0.25) is 10.0 Å². The predicted molar refractivity (Wildman–Crippen MR) is 71.9 cm³/mol. The first-order chi connectivity index (χ1) is 8.85. The van der Waals surface area contributed by atoms with Gasteiger partial charge in [0.1, 0.15) is 5.02 Å². The number of anilines is 1. The van der Waals surface area contributed by atoms with Gasteiger partial charge in [-0.15, -0.1) is 0 Å². The van der Waals surface area contributed by atoms with Crippen LogP contribution in [0.2, 0.25) is 5.02 Å². The number of aliphatic hydroxyl groups excluding tert-OH is 1. The highest BCUT2D eigenvalue weighted by atomic mass is 35.5. The van der Waals surface area contributed by atoms with Crippen LogP contribution < -0.4 is 15.6 Å². The highest BCUT2D eigenvalue weighted by Gasteiger charge is 2.08. The third kappa shape index (κ3) is 5.15. The number of aliphatic hydroxyl groups is 1. The Labute approximate surface area is 115 Å². The van der Waals surface area contributed by atoms with E-state index >= 15 is 0 Å². The Kier molecular flexibility index (Phi) is 5.73. The summed E-state index contributed by atoms with van der Waals surface area (Å²) in [5.41, 5.74) is -0.201. The second-order valence-corrected chi connectivity index (χ2v) is 5.93. The van der Waals surface area contributed by atoms with Crippen molar-refractivity contribution >= 4 is 27.3 Å². The Morgan fingerprint density at radius 2 is 2.16 bits per heavy atom. The van der Waals surface area contributed by atoms with Crippen molar-refractivity contribution in [3.05, 3.63) is 21.6 Å². The standard InChI is InChI=1S/C9H15ClN4O4S/c1-19(17,18)13-3-2-11-7-6-12-14(4-5-15)9(16)8(7)10/h6,11,13,15H,2-5H2,1H3. The molecule has 10 heteroatoms. The number of aromatic nitrogens is 2. The van der Waals surface area contributed by atoms with Gasteiger partial charge in [0.15, 0.2) is 0 Å². The summed E-state index contributed by atoms with van der Waals surface area (Å²) in [5.74, 6) is 0. The molecule has 0 fully saturated rings. The third-order valence-corrected chi connectivity index (χ3v) is 3.20. The van der Waals surface area contributed by atoms with E-state index in [1.54, 1.807) is 0 Å². The molecule has 0 amide bonds. The van der Waals surface area contributed by atoms with E-state index in [4.69, 9.17) is 16.7 Å². The molecule has 1 aromatic heterocycles. The van der Waals surface area contributed by atoms with Crippen LogP contribution in [0.1, 0.15) is 0 Å². The van der Waals surface area contributed by atoms with Crippen LogP contribution in [0.25, 0.3) is 0 Å². The molecular formula is C9H15ClN4O4S. The van der Waals surface area contributed by atoms with E-state index in [1.165, 1.54) is 6.20 Å². The molecule has 19 heavy (non-hydrogen) atoms. The van der Waals surface area contributed by atoms with Crippen molar-refractivity contribution in [2.75, 3.05) is 31.3 Å². The maximum Gasteiger partial charge on any atom is 0.287 e. The van der Waals surface area contributed by atoms with Crippen molar-refractivity contribution in [1.29, 1.82) is 0 Å². The van der Waals surface area contributed by atoms with Crippen molar-refractivity contribution in [2.24, 2.45) is 0 Å². The van der Waals surface area contributed by atoms with Gasteiger partial charge in [0.25, 0.3) is 5.56 Å². The van der Waals surface area contributed by atoms with Crippen LogP contribution >= 0.6 is 11.6 Å². The van der Waals surface area contributed by atoms with Gasteiger partial charge in [0, 0.05) is 13.1 Å². The molecule has 0 spiro atoms. The molecule has 3 N–H and O–H groups in total. The van der Waals surface area contributed by atoms with E-state index in [0.717, 1.165) is 10.9 Å². The topological polar surface area (TPSA) is 113 Å². The lowest BCUT2D eigenvalue weighted by Crippen LogP contribution is -2.29. The Bertz CT molecular complexity index is 586. The lowest BCUT2D eigenvalue weighted by Gasteiger charge is -2.09. The zero-order valence-corrected chi connectivity index (χ0v) is 11.8. The van der Waals surface area contributed by atoms with Crippen LogP contribution in [0.15, 0.2) is 11.0 Å². The van der Waals surface area contributed by atoms with Crippen LogP contribution in [0.3, 0.4) is 0 Å². The first-order valence-electron chi connectivity index (χ1n) is 5.40. The second-order valence-electron chi connectivity index (χ2n) is 3.72. The summed E-state index contributed by atoms with van der Waals surface area (Å²) in [6, 6.07) is 0. The fourth-order valence-electron chi connectivity index (χ4n) is 1.28. The molecule has 0 aliphatic rings. The molecule has 0 aliphatic carbocycles. The van der Waals surface area contributed by atoms with Gasteiger partial charge in [0.05, 0.1) is 31.3 Å². The predicted octanol–water partition coefficient (Wildman–Crippen LogP) is -1.15. The van der Waals surface area contributed by atoms with Gasteiger partial charge < -0.3 is 10.4 Å². The smallest absolute Gasteiger partial charge is 0.287 e. The summed E-state index contributed by atoms with van der Waals surface area (Å²) in [5, 5.41) is 15.3. The molecule has 0 saturated heterocycles. The highest BCUT2D eigenvalue weighted by Crippen LogP contribution is 2.14. The van der Waals surface area contributed by atoms with Crippen molar-refractivity contribution in [3.8, 4) is 0 Å². The van der Waals surface area contributed by atoms with Crippen molar-refractivity contribution in [2.45, 2.75) is 6.54 Å². The van der Waals surface area contributed by atoms with Crippen molar-refractivity contribution in [1.82, 2.24) is 14.5 Å². The SMILES string of the molecule is CS(=O)(=O)NCCNc1cnn(CCO)c(=O)c1Cl. The minimum atomic E-state index is -3.24. The molecule has 0 aromatic carbocycles. The van der Waals surface area contributed by atoms with Gasteiger partial charge in [-0.05, 0) is 0 Å². The third-order valence-electron chi connectivity index (χ3n) is 2.10. The van der Waals surface area contributed by atoms with Gasteiger partial charge >= 0.3 is 0 Å². The highest BCUT2D eigenvalue weighted by molar-refractivity contribution is 7.88. The summed E-state index contributed by atoms with van der Waals surface area (Å²) in [6.07, 6.45) is 2.40. The molecule has 0 radical (unpaired) electrons. The molecule has 108 valence electrons. The van der Waals surface area contributed by atoms with Crippen LogP contribution in [-0.4, -0.2) is 49.3 Å². The first-order valence-corrected chi connectivity index (χ1v) is 7.67. The Morgan fingerprint density at radius 1 is 1.47 bits per heavy atom. The lowest BCUT2D eigenvalue weighted by atomic mass is 10.4. The molecule has 1 heterocycles. The first kappa shape index (κ1) is 15.9. The van der Waals surface area contributed by atoms with Gasteiger partial charge in [-0.1, -0.05) is 11.6 Å². The monoisotopic (exact) mass is 310 g/mol. The Balaban J connectivity index is 2.65. The summed E-state index contributed by atoms with van der Waals surface area (Å²) in [4.78, 5) is 11.7. The number of hydrogen-bond donors (Lipinski definition) is 3. The van der Waals surface area contributed by atoms with Crippen LogP contribution in [0, 0.1) is 0 Å². The molecule has 8 nitrogen and oxygen atoms in total. The largest absolute Gasteiger partial charge is 0.394 e. The summed E-state index contributed by atoms with van der Waals surface area (Å²) in [7, 11) is -3.24. The summed E-state index contributed by atoms with van der Waals surface area (Å²) < 4.78 is 25.0. The minimum Gasteiger partial charge on any atom is -0.394 e. The quantitative estimate of drug-likeness (QED) is 0.548. The molecule has 0 aliphatic heterocycles. The molecule has 1 aromatic rings. The van der Waals surface area contributed by atoms with Crippen molar-refractivity contribution in [3.63, 3.8) is 0 Å². The molecule has 0 saturated carbocycles. The van der Waals surface area contributed by atoms with Crippen molar-refractivity contribution < 1.29 is 13.5 Å². The maximum absolute atomic E-state index is 11.7. The number of hydrogen-bond acceptors (Lipinski definition) is 6. The minimum absolute atomic E-state index is 0.0530. The zero-order chi connectivity index (χ0) is 14.5. The van der Waals surface area contributed by atoms with E-state index < -0.39 is 15.6 Å². The number of sulfonamides is 1. The lowest BCUT2D eigenvalue weighted by molar-refractivity contribution is 0.266. The summed E-state index contributed by atoms with van der Waals surface area (Å²) in [6.45, 7) is 0.273. The van der Waals surface area contributed by atoms with Crippen LogP contribution in [0.5, 0.6) is 0 Å². The average molecular weight is 311 g/mol. The Hall–Kier alpha value is -1.16. The van der Waals surface area contributed by atoms with E-state index in [0.29, 0.717) is 5.69 Å². The molecule has 0 bridgehead atoms. The molecule has 1 rings (SSSR count). The van der Waals surface area contributed by atoms with E-state index in [2.05, 4.69) is 15.1 Å². The average Bonchev–Trinajstić information content (AvgIpc) is 2.32. The fourth-order valence-corrected chi connectivity index (χ4v) is 1.96. The molecular weight excluding hydrogens is 296 g/mol. The van der Waals surface area contributed by atoms with Gasteiger partial charge in [-0.2, -0.15) is 5.10 Å². The Morgan fingerprint density at radius 3 is 2.74 bits per heavy atom. The second kappa shape index (κ2) is 6.85. The number of nitrogens with one attached hydrogen (secondary N) is 2. The van der Waals surface area contributed by atoms with Crippen LogP contribution in [-0.2, 0) is 16.6 Å². The van der Waals surface area contributed by atoms with Gasteiger partial charge in [-0.3, -0.25) is 4.79 Å². The number of halogens is 1. The van der Waals surface area contributed by atoms with Gasteiger partial charge in [-0.25, -0.2) is 17.8 Å². The number of rotatable bonds is 7. The fraction of sp³-hybridized carbons (Fsp3) is 0.556. The molecule has 0 unspecified atom stereocenters. The normalized spacial score (nSPS) is 11.5. The van der Waals surface area contributed by atoms with E-state index in [1.807, 2.05) is 0 Å². The van der Waals surface area contributed by atoms with E-state index in [9.17, 15) is 13.2 Å². The zero-order valence-electron chi connectivity index (χ0n) is 10.3. The maximum atomic E-state index is 11.7. The van der Waals surface area contributed by atoms with Crippen LogP contribution in [0.4, 0.5) is 5.69 Å². The number of nitrogens with zero attached hydrogens (tertiary/aromatic N) is 2. The summed E-state index contributed by atoms with van der Waals surface area (Å²) >= 11 is 5.85. The van der Waals surface area contributed by atoms with E-state index in [-0.39, 0.29) is 31.3 Å².